The summed E-state index contributed by atoms with van der Waals surface area (Å²) in [6, 6.07) is 2.11. The summed E-state index contributed by atoms with van der Waals surface area (Å²) in [4.78, 5) is 12.1. The van der Waals surface area contributed by atoms with Gasteiger partial charge in [-0.3, -0.25) is 4.79 Å². The van der Waals surface area contributed by atoms with Crippen molar-refractivity contribution < 1.29 is 14.6 Å². The summed E-state index contributed by atoms with van der Waals surface area (Å²) in [5.41, 5.74) is 4.13. The Kier molecular flexibility index (Phi) is 3.68. The largest absolute Gasteiger partial charge is 0.496 e. The van der Waals surface area contributed by atoms with Gasteiger partial charge in [-0.05, 0) is 68.2 Å². The molecule has 0 saturated heterocycles. The molecule has 0 aromatic heterocycles. The summed E-state index contributed by atoms with van der Waals surface area (Å²) in [5, 5.41) is 9.91. The van der Waals surface area contributed by atoms with Crippen molar-refractivity contribution in [1.29, 1.82) is 0 Å². The molecule has 0 spiro atoms. The number of benzene rings is 1. The van der Waals surface area contributed by atoms with Crippen LogP contribution in [0.4, 0.5) is 0 Å². The fraction of sp³-hybridized carbons (Fsp3) is 0.611. The lowest BCUT2D eigenvalue weighted by molar-refractivity contribution is -0.143. The molecule has 0 bridgehead atoms. The second kappa shape index (κ2) is 5.36. The minimum Gasteiger partial charge on any atom is -0.496 e. The Hall–Kier alpha value is -1.51. The van der Waals surface area contributed by atoms with Gasteiger partial charge >= 0.3 is 5.97 Å². The molecule has 1 saturated carbocycles. The third-order valence-electron chi connectivity index (χ3n) is 5.45. The number of carboxylic acids is 1. The first-order valence-corrected chi connectivity index (χ1v) is 8.03. The highest BCUT2D eigenvalue weighted by molar-refractivity contribution is 5.84. The van der Waals surface area contributed by atoms with E-state index in [9.17, 15) is 9.90 Å². The van der Waals surface area contributed by atoms with Gasteiger partial charge in [0.25, 0.3) is 0 Å². The summed E-state index contributed by atoms with van der Waals surface area (Å²) in [6.07, 6.45) is 8.05. The molecule has 114 valence electrons. The normalized spacial score (nSPS) is 20.1. The van der Waals surface area contributed by atoms with E-state index in [0.29, 0.717) is 0 Å². The van der Waals surface area contributed by atoms with Crippen LogP contribution >= 0.6 is 0 Å². The molecule has 0 aliphatic heterocycles. The van der Waals surface area contributed by atoms with Crippen molar-refractivity contribution in [3.63, 3.8) is 0 Å². The molecule has 0 heterocycles. The number of carboxylic acid groups (broad SMARTS) is 1. The zero-order valence-electron chi connectivity index (χ0n) is 13.0. The van der Waals surface area contributed by atoms with E-state index in [1.165, 1.54) is 29.5 Å². The molecule has 3 rings (SSSR count). The lowest BCUT2D eigenvalue weighted by Crippen LogP contribution is -2.34. The number of hydrogen-bond acceptors (Lipinski definition) is 2. The van der Waals surface area contributed by atoms with Crippen LogP contribution in [0.1, 0.15) is 60.8 Å². The van der Waals surface area contributed by atoms with Crippen LogP contribution < -0.4 is 4.74 Å². The van der Waals surface area contributed by atoms with Gasteiger partial charge < -0.3 is 9.84 Å². The molecular weight excluding hydrogens is 264 g/mol. The topological polar surface area (TPSA) is 46.5 Å². The van der Waals surface area contributed by atoms with E-state index < -0.39 is 11.4 Å². The second-order valence-corrected chi connectivity index (χ2v) is 6.52. The van der Waals surface area contributed by atoms with Gasteiger partial charge in [0.2, 0.25) is 0 Å². The van der Waals surface area contributed by atoms with Crippen molar-refractivity contribution in [3.05, 3.63) is 28.3 Å². The Morgan fingerprint density at radius 3 is 2.48 bits per heavy atom. The molecule has 3 heteroatoms. The maximum atomic E-state index is 12.1. The Morgan fingerprint density at radius 2 is 1.86 bits per heavy atom. The summed E-state index contributed by atoms with van der Waals surface area (Å²) in [6.45, 7) is 2.10. The number of fused-ring (bicyclic) bond motifs is 1. The second-order valence-electron chi connectivity index (χ2n) is 6.52. The molecule has 0 unspecified atom stereocenters. The first kappa shape index (κ1) is 14.4. The SMILES string of the molecule is COc1cc2c(c(C)c1C1(C(=O)O)CCCC1)CCCC2. The van der Waals surface area contributed by atoms with Crippen molar-refractivity contribution in [3.8, 4) is 5.75 Å². The standard InChI is InChI=1S/C18H24O3/c1-12-14-8-4-3-7-13(14)11-15(21-2)16(12)18(17(19)20)9-5-6-10-18/h11H,3-10H2,1-2H3,(H,19,20). The minimum atomic E-state index is -0.734. The number of aryl methyl sites for hydroxylation is 1. The average molecular weight is 288 g/mol. The van der Waals surface area contributed by atoms with Crippen LogP contribution in [0.3, 0.4) is 0 Å². The predicted octanol–water partition coefficient (Wildman–Crippen LogP) is 3.78. The minimum absolute atomic E-state index is 0.683. The molecule has 0 amide bonds. The lowest BCUT2D eigenvalue weighted by atomic mass is 9.73. The number of methoxy groups -OCH3 is 1. The van der Waals surface area contributed by atoms with E-state index in [4.69, 9.17) is 4.74 Å². The summed E-state index contributed by atoms with van der Waals surface area (Å²) in [7, 11) is 1.66. The van der Waals surface area contributed by atoms with Gasteiger partial charge in [0.1, 0.15) is 5.75 Å². The molecule has 3 nitrogen and oxygen atoms in total. The molecule has 1 N–H and O–H groups in total. The first-order chi connectivity index (χ1) is 10.1. The molecule has 2 aliphatic carbocycles. The molecular formula is C18H24O3. The summed E-state index contributed by atoms with van der Waals surface area (Å²) < 4.78 is 5.62. The molecule has 2 aliphatic rings. The van der Waals surface area contributed by atoms with E-state index in [1.54, 1.807) is 7.11 Å². The van der Waals surface area contributed by atoms with Crippen molar-refractivity contribution in [1.82, 2.24) is 0 Å². The smallest absolute Gasteiger partial charge is 0.314 e. The van der Waals surface area contributed by atoms with Crippen molar-refractivity contribution in [2.45, 2.75) is 63.7 Å². The fourth-order valence-electron chi connectivity index (χ4n) is 4.39. The quantitative estimate of drug-likeness (QED) is 0.920. The number of rotatable bonds is 3. The van der Waals surface area contributed by atoms with Gasteiger partial charge in [-0.1, -0.05) is 12.8 Å². The van der Waals surface area contributed by atoms with Crippen molar-refractivity contribution >= 4 is 5.97 Å². The highest BCUT2D eigenvalue weighted by Gasteiger charge is 2.46. The molecule has 1 aromatic carbocycles. The van der Waals surface area contributed by atoms with E-state index in [1.807, 2.05) is 0 Å². The van der Waals surface area contributed by atoms with Crippen LogP contribution in [-0.4, -0.2) is 18.2 Å². The molecule has 0 atom stereocenters. The van der Waals surface area contributed by atoms with E-state index in [2.05, 4.69) is 13.0 Å². The van der Waals surface area contributed by atoms with E-state index in [-0.39, 0.29) is 0 Å². The van der Waals surface area contributed by atoms with Gasteiger partial charge in [0, 0.05) is 5.56 Å². The third-order valence-corrected chi connectivity index (χ3v) is 5.45. The maximum Gasteiger partial charge on any atom is 0.314 e. The van der Waals surface area contributed by atoms with Crippen LogP contribution in [-0.2, 0) is 23.1 Å². The monoisotopic (exact) mass is 288 g/mol. The van der Waals surface area contributed by atoms with Crippen LogP contribution in [0, 0.1) is 6.92 Å². The maximum absolute atomic E-state index is 12.1. The first-order valence-electron chi connectivity index (χ1n) is 8.03. The Labute approximate surface area is 126 Å². The number of ether oxygens (including phenoxy) is 1. The molecule has 21 heavy (non-hydrogen) atoms. The number of carbonyl (C=O) groups is 1. The summed E-state index contributed by atoms with van der Waals surface area (Å²) in [5.74, 6) is 0.106. The Bertz CT molecular complexity index is 568. The van der Waals surface area contributed by atoms with E-state index in [0.717, 1.165) is 49.8 Å². The van der Waals surface area contributed by atoms with Gasteiger partial charge in [-0.2, -0.15) is 0 Å². The predicted molar refractivity (Wildman–Crippen MR) is 82.2 cm³/mol. The van der Waals surface area contributed by atoms with Gasteiger partial charge in [0.15, 0.2) is 0 Å². The van der Waals surface area contributed by atoms with Crippen molar-refractivity contribution in [2.24, 2.45) is 0 Å². The lowest BCUT2D eigenvalue weighted by Gasteiger charge is -2.31. The van der Waals surface area contributed by atoms with Crippen LogP contribution in [0.2, 0.25) is 0 Å². The highest BCUT2D eigenvalue weighted by Crippen LogP contribution is 2.48. The van der Waals surface area contributed by atoms with Gasteiger partial charge in [-0.15, -0.1) is 0 Å². The van der Waals surface area contributed by atoms with Gasteiger partial charge in [0.05, 0.1) is 12.5 Å². The van der Waals surface area contributed by atoms with Crippen LogP contribution in [0.15, 0.2) is 6.07 Å². The Balaban J connectivity index is 2.23. The van der Waals surface area contributed by atoms with Crippen molar-refractivity contribution in [2.75, 3.05) is 7.11 Å². The Morgan fingerprint density at radius 1 is 1.19 bits per heavy atom. The summed E-state index contributed by atoms with van der Waals surface area (Å²) >= 11 is 0. The van der Waals surface area contributed by atoms with Gasteiger partial charge in [-0.25, -0.2) is 0 Å². The van der Waals surface area contributed by atoms with E-state index >= 15 is 0 Å². The zero-order valence-corrected chi connectivity index (χ0v) is 13.0. The average Bonchev–Trinajstić information content (AvgIpc) is 2.97. The number of aliphatic carboxylic acids is 1. The zero-order chi connectivity index (χ0) is 15.0. The fourth-order valence-corrected chi connectivity index (χ4v) is 4.39. The van der Waals surface area contributed by atoms with Crippen LogP contribution in [0.25, 0.3) is 0 Å². The third kappa shape index (κ3) is 2.14. The number of hydrogen-bond donors (Lipinski definition) is 1. The highest BCUT2D eigenvalue weighted by atomic mass is 16.5. The van der Waals surface area contributed by atoms with Crippen LogP contribution in [0.5, 0.6) is 5.75 Å². The molecule has 1 fully saturated rings. The molecule has 0 radical (unpaired) electrons. The molecule has 1 aromatic rings.